The van der Waals surface area contributed by atoms with Gasteiger partial charge < -0.3 is 4.74 Å². The van der Waals surface area contributed by atoms with Crippen LogP contribution in [0.1, 0.15) is 22.5 Å². The summed E-state index contributed by atoms with van der Waals surface area (Å²) in [5.41, 5.74) is 3.46. The lowest BCUT2D eigenvalue weighted by atomic mass is 10.2. The van der Waals surface area contributed by atoms with Gasteiger partial charge in [-0.15, -0.1) is 0 Å². The molecule has 3 N–H and O–H groups in total. The van der Waals surface area contributed by atoms with Gasteiger partial charge in [0.2, 0.25) is 10.0 Å². The number of pyridine rings is 1. The predicted octanol–water partition coefficient (Wildman–Crippen LogP) is 0.744. The summed E-state index contributed by atoms with van der Waals surface area (Å²) in [6.45, 7) is 3.82. The van der Waals surface area contributed by atoms with Crippen LogP contribution in [0.4, 0.5) is 5.69 Å². The molecule has 0 saturated carbocycles. The highest BCUT2D eigenvalue weighted by Gasteiger charge is 2.24. The largest absolute Gasteiger partial charge is 0.379 e. The minimum Gasteiger partial charge on any atom is -0.379 e. The Morgan fingerprint density at radius 1 is 1.17 bits per heavy atom. The number of hydrazine groups is 1. The molecule has 0 unspecified atom stereocenters. The maximum Gasteiger partial charge on any atom is 0.266 e. The molecular formula is C20H27N5O4S. The van der Waals surface area contributed by atoms with Gasteiger partial charge in [-0.1, -0.05) is 18.2 Å². The molecule has 1 aliphatic rings. The van der Waals surface area contributed by atoms with Crippen LogP contribution < -0.4 is 15.6 Å². The summed E-state index contributed by atoms with van der Waals surface area (Å²) in [6.07, 6.45) is 1.92. The molecule has 0 atom stereocenters. The van der Waals surface area contributed by atoms with E-state index >= 15 is 0 Å². The number of para-hydroxylation sites is 1. The number of amides is 1. The fraction of sp³-hybridized carbons (Fsp3) is 0.400. The number of carbonyl (C=O) groups excluding carboxylic acids is 1. The van der Waals surface area contributed by atoms with E-state index in [2.05, 4.69) is 9.88 Å². The van der Waals surface area contributed by atoms with Gasteiger partial charge in [0.15, 0.2) is 0 Å². The number of sulfonamides is 1. The molecule has 0 aliphatic carbocycles. The zero-order valence-corrected chi connectivity index (χ0v) is 17.6. The quantitative estimate of drug-likeness (QED) is 0.340. The average molecular weight is 434 g/mol. The van der Waals surface area contributed by atoms with Gasteiger partial charge in [-0.3, -0.25) is 24.4 Å². The van der Waals surface area contributed by atoms with Crippen LogP contribution in [0.25, 0.3) is 0 Å². The van der Waals surface area contributed by atoms with Crippen molar-refractivity contribution in [3.63, 3.8) is 0 Å². The number of nitrogen functional groups attached to an aromatic ring is 1. The minimum atomic E-state index is -3.57. The van der Waals surface area contributed by atoms with E-state index in [1.54, 1.807) is 36.4 Å². The smallest absolute Gasteiger partial charge is 0.266 e. The second kappa shape index (κ2) is 10.5. The molecule has 10 heteroatoms. The number of hydrogen-bond acceptors (Lipinski definition) is 7. The van der Waals surface area contributed by atoms with Gasteiger partial charge in [0, 0.05) is 19.3 Å². The Labute approximate surface area is 176 Å². The van der Waals surface area contributed by atoms with Crippen molar-refractivity contribution in [3.8, 4) is 0 Å². The van der Waals surface area contributed by atoms with E-state index in [-0.39, 0.29) is 12.3 Å². The van der Waals surface area contributed by atoms with Gasteiger partial charge in [0.05, 0.1) is 42.5 Å². The summed E-state index contributed by atoms with van der Waals surface area (Å²) in [5, 5.41) is 0. The number of rotatable bonds is 9. The van der Waals surface area contributed by atoms with Gasteiger partial charge in [0.1, 0.15) is 0 Å². The third kappa shape index (κ3) is 5.99. The first kappa shape index (κ1) is 22.2. The molecule has 1 fully saturated rings. The monoisotopic (exact) mass is 433 g/mol. The number of nitrogens with two attached hydrogens (primary N) is 1. The van der Waals surface area contributed by atoms with Crippen molar-refractivity contribution in [1.82, 2.24) is 15.3 Å². The van der Waals surface area contributed by atoms with Crippen LogP contribution in [-0.4, -0.2) is 62.8 Å². The van der Waals surface area contributed by atoms with Crippen molar-refractivity contribution in [2.75, 3.05) is 42.9 Å². The number of anilines is 1. The van der Waals surface area contributed by atoms with E-state index in [4.69, 9.17) is 10.6 Å². The number of ether oxygens (including phenoxy) is 1. The average Bonchev–Trinajstić information content (AvgIpc) is 2.78. The van der Waals surface area contributed by atoms with Crippen molar-refractivity contribution in [1.29, 1.82) is 0 Å². The molecule has 162 valence electrons. The molecule has 1 aromatic carbocycles. The summed E-state index contributed by atoms with van der Waals surface area (Å²) < 4.78 is 33.1. The summed E-state index contributed by atoms with van der Waals surface area (Å²) in [4.78, 5) is 18.0. The second-order valence-electron chi connectivity index (χ2n) is 6.98. The van der Waals surface area contributed by atoms with Crippen LogP contribution >= 0.6 is 0 Å². The Morgan fingerprint density at radius 2 is 1.90 bits per heavy atom. The lowest BCUT2D eigenvalue weighted by Crippen LogP contribution is -2.38. The lowest BCUT2D eigenvalue weighted by molar-refractivity contribution is 0.0381. The molecule has 2 aromatic rings. The molecule has 0 bridgehead atoms. The van der Waals surface area contributed by atoms with E-state index in [0.717, 1.165) is 13.1 Å². The van der Waals surface area contributed by atoms with Crippen LogP contribution in [0.2, 0.25) is 0 Å². The van der Waals surface area contributed by atoms with Crippen molar-refractivity contribution in [2.24, 2.45) is 5.84 Å². The fourth-order valence-electron chi connectivity index (χ4n) is 3.23. The minimum absolute atomic E-state index is 0.0346. The Bertz CT molecular complexity index is 916. The van der Waals surface area contributed by atoms with Crippen molar-refractivity contribution >= 4 is 21.6 Å². The number of nitrogens with zero attached hydrogens (tertiary/aromatic N) is 3. The maximum atomic E-state index is 13.2. The topological polar surface area (TPSA) is 118 Å². The molecule has 0 radical (unpaired) electrons. The van der Waals surface area contributed by atoms with E-state index in [0.29, 0.717) is 43.1 Å². The molecule has 0 spiro atoms. The molecule has 2 heterocycles. The second-order valence-corrected chi connectivity index (χ2v) is 8.99. The van der Waals surface area contributed by atoms with Gasteiger partial charge in [-0.05, 0) is 37.2 Å². The molecular weight excluding hydrogens is 406 g/mol. The van der Waals surface area contributed by atoms with Gasteiger partial charge in [0.25, 0.3) is 5.91 Å². The molecule has 1 amide bonds. The van der Waals surface area contributed by atoms with Gasteiger partial charge in [-0.2, -0.15) is 0 Å². The first-order chi connectivity index (χ1) is 14.5. The standard InChI is InChI=1S/C20H27N5O4S/c21-23-20(26)17-7-8-18(22-15-17)16-25(19-5-2-1-3-6-19)30(27,28)14-4-9-24-10-12-29-13-11-24/h1-3,5-8,15H,4,9-14,16,21H2,(H,23,26). The number of hydrogen-bond donors (Lipinski definition) is 2. The van der Waals surface area contributed by atoms with Gasteiger partial charge >= 0.3 is 0 Å². The molecule has 1 aliphatic heterocycles. The number of benzene rings is 1. The maximum absolute atomic E-state index is 13.2. The fourth-order valence-corrected chi connectivity index (χ4v) is 4.72. The van der Waals surface area contributed by atoms with E-state index in [9.17, 15) is 13.2 Å². The Hall–Kier alpha value is -2.53. The summed E-state index contributed by atoms with van der Waals surface area (Å²) in [6, 6.07) is 12.2. The number of aromatic nitrogens is 1. The van der Waals surface area contributed by atoms with Crippen molar-refractivity contribution < 1.29 is 17.9 Å². The van der Waals surface area contributed by atoms with Crippen LogP contribution in [0.3, 0.4) is 0 Å². The first-order valence-electron chi connectivity index (χ1n) is 9.81. The Balaban J connectivity index is 1.72. The highest BCUT2D eigenvalue weighted by atomic mass is 32.2. The summed E-state index contributed by atoms with van der Waals surface area (Å²) >= 11 is 0. The molecule has 9 nitrogen and oxygen atoms in total. The summed E-state index contributed by atoms with van der Waals surface area (Å²) in [5.74, 6) is 4.71. The van der Waals surface area contributed by atoms with E-state index in [1.165, 1.54) is 10.5 Å². The van der Waals surface area contributed by atoms with Crippen LogP contribution in [0.5, 0.6) is 0 Å². The first-order valence-corrected chi connectivity index (χ1v) is 11.4. The molecule has 30 heavy (non-hydrogen) atoms. The highest BCUT2D eigenvalue weighted by Crippen LogP contribution is 2.21. The SMILES string of the molecule is NNC(=O)c1ccc(CN(c2ccccc2)S(=O)(=O)CCCN2CCOCC2)nc1. The predicted molar refractivity (Wildman–Crippen MR) is 114 cm³/mol. The number of morpholine rings is 1. The highest BCUT2D eigenvalue weighted by molar-refractivity contribution is 7.92. The van der Waals surface area contributed by atoms with E-state index < -0.39 is 15.9 Å². The summed E-state index contributed by atoms with van der Waals surface area (Å²) in [7, 11) is -3.57. The van der Waals surface area contributed by atoms with E-state index in [1.807, 2.05) is 11.5 Å². The molecule has 1 aromatic heterocycles. The molecule has 1 saturated heterocycles. The Morgan fingerprint density at radius 3 is 2.53 bits per heavy atom. The van der Waals surface area contributed by atoms with Crippen molar-refractivity contribution in [3.05, 3.63) is 59.9 Å². The van der Waals surface area contributed by atoms with Crippen LogP contribution in [0, 0.1) is 0 Å². The number of nitrogens with one attached hydrogen (secondary N) is 1. The number of carbonyl (C=O) groups is 1. The van der Waals surface area contributed by atoms with Crippen LogP contribution in [0.15, 0.2) is 48.7 Å². The normalized spacial score (nSPS) is 15.0. The zero-order chi connectivity index (χ0) is 21.4. The van der Waals surface area contributed by atoms with Crippen LogP contribution in [-0.2, 0) is 21.3 Å². The third-order valence-electron chi connectivity index (χ3n) is 4.88. The van der Waals surface area contributed by atoms with Gasteiger partial charge in [-0.25, -0.2) is 14.3 Å². The molecule has 3 rings (SSSR count). The van der Waals surface area contributed by atoms with Crippen molar-refractivity contribution in [2.45, 2.75) is 13.0 Å². The lowest BCUT2D eigenvalue weighted by Gasteiger charge is -2.28. The third-order valence-corrected chi connectivity index (χ3v) is 6.70. The Kier molecular flexibility index (Phi) is 7.75. The zero-order valence-electron chi connectivity index (χ0n) is 16.7.